The van der Waals surface area contributed by atoms with Crippen LogP contribution in [0.25, 0.3) is 0 Å². The van der Waals surface area contributed by atoms with E-state index in [4.69, 9.17) is 0 Å². The standard InChI is InChI=1S/C23H31NO/c1-2-16-23(25,21-14-8-4-9-15-21)22(20-12-6-3-7-13-20)19-24-17-10-5-11-18-24/h3-4,6-9,12-15,22,25H,2,5,10-11,16-19H2,1H3. The van der Waals surface area contributed by atoms with Crippen molar-refractivity contribution in [1.82, 2.24) is 4.90 Å². The Bertz CT molecular complexity index is 621. The van der Waals surface area contributed by atoms with Gasteiger partial charge in [-0.1, -0.05) is 80.4 Å². The maximum atomic E-state index is 11.9. The third-order valence-corrected chi connectivity index (χ3v) is 5.57. The second-order valence-electron chi connectivity index (χ2n) is 7.36. The molecule has 1 saturated heterocycles. The van der Waals surface area contributed by atoms with Gasteiger partial charge in [0.1, 0.15) is 0 Å². The van der Waals surface area contributed by atoms with Crippen LogP contribution < -0.4 is 0 Å². The minimum atomic E-state index is -0.825. The lowest BCUT2D eigenvalue weighted by Crippen LogP contribution is -2.42. The van der Waals surface area contributed by atoms with Crippen molar-refractivity contribution < 1.29 is 5.11 Å². The van der Waals surface area contributed by atoms with E-state index >= 15 is 0 Å². The van der Waals surface area contributed by atoms with Crippen molar-refractivity contribution in [3.8, 4) is 0 Å². The van der Waals surface area contributed by atoms with E-state index in [1.807, 2.05) is 18.2 Å². The lowest BCUT2D eigenvalue weighted by atomic mass is 9.74. The monoisotopic (exact) mass is 337 g/mol. The highest BCUT2D eigenvalue weighted by Gasteiger charge is 2.39. The molecule has 2 unspecified atom stereocenters. The fourth-order valence-corrected chi connectivity index (χ4v) is 4.25. The van der Waals surface area contributed by atoms with Crippen LogP contribution in [-0.4, -0.2) is 29.6 Å². The second kappa shape index (κ2) is 8.64. The van der Waals surface area contributed by atoms with E-state index in [2.05, 4.69) is 54.3 Å². The molecule has 2 aromatic rings. The van der Waals surface area contributed by atoms with E-state index in [0.29, 0.717) is 0 Å². The molecular weight excluding hydrogens is 306 g/mol. The molecule has 0 aromatic heterocycles. The molecule has 1 heterocycles. The molecule has 0 saturated carbocycles. The first-order valence-electron chi connectivity index (χ1n) is 9.79. The maximum absolute atomic E-state index is 11.9. The van der Waals surface area contributed by atoms with Gasteiger partial charge in [0.15, 0.2) is 0 Å². The first kappa shape index (κ1) is 18.2. The number of likely N-dealkylation sites (tertiary alicyclic amines) is 1. The van der Waals surface area contributed by atoms with Crippen molar-refractivity contribution >= 4 is 0 Å². The first-order chi connectivity index (χ1) is 12.2. The number of aliphatic hydroxyl groups is 1. The molecule has 1 aliphatic rings. The summed E-state index contributed by atoms with van der Waals surface area (Å²) in [5.74, 6) is 0.0918. The van der Waals surface area contributed by atoms with Crippen molar-refractivity contribution in [3.63, 3.8) is 0 Å². The Kier molecular flexibility index (Phi) is 6.28. The Morgan fingerprint density at radius 1 is 0.920 bits per heavy atom. The van der Waals surface area contributed by atoms with Crippen LogP contribution in [0.4, 0.5) is 0 Å². The van der Waals surface area contributed by atoms with Crippen LogP contribution in [0.15, 0.2) is 60.7 Å². The Morgan fingerprint density at radius 2 is 1.52 bits per heavy atom. The molecule has 2 aromatic carbocycles. The Balaban J connectivity index is 1.97. The van der Waals surface area contributed by atoms with Crippen molar-refractivity contribution in [3.05, 3.63) is 71.8 Å². The van der Waals surface area contributed by atoms with Gasteiger partial charge >= 0.3 is 0 Å². The van der Waals surface area contributed by atoms with Gasteiger partial charge in [-0.3, -0.25) is 0 Å². The van der Waals surface area contributed by atoms with Crippen LogP contribution in [0.5, 0.6) is 0 Å². The molecular formula is C23H31NO. The maximum Gasteiger partial charge on any atom is 0.0976 e. The van der Waals surface area contributed by atoms with Crippen LogP contribution >= 0.6 is 0 Å². The zero-order valence-corrected chi connectivity index (χ0v) is 15.4. The van der Waals surface area contributed by atoms with Crippen LogP contribution in [0.1, 0.15) is 56.1 Å². The molecule has 0 radical (unpaired) electrons. The van der Waals surface area contributed by atoms with Gasteiger partial charge < -0.3 is 10.0 Å². The molecule has 25 heavy (non-hydrogen) atoms. The third-order valence-electron chi connectivity index (χ3n) is 5.57. The summed E-state index contributed by atoms with van der Waals surface area (Å²) in [6.45, 7) is 5.40. The molecule has 1 fully saturated rings. The lowest BCUT2D eigenvalue weighted by Gasteiger charge is -2.41. The van der Waals surface area contributed by atoms with Crippen LogP contribution in [0, 0.1) is 0 Å². The first-order valence-corrected chi connectivity index (χ1v) is 9.79. The highest BCUT2D eigenvalue weighted by atomic mass is 16.3. The number of rotatable bonds is 7. The predicted octanol–water partition coefficient (Wildman–Crippen LogP) is 4.94. The van der Waals surface area contributed by atoms with Crippen molar-refractivity contribution in [2.24, 2.45) is 0 Å². The topological polar surface area (TPSA) is 23.5 Å². The lowest BCUT2D eigenvalue weighted by molar-refractivity contribution is -0.0152. The van der Waals surface area contributed by atoms with Crippen LogP contribution in [0.2, 0.25) is 0 Å². The Morgan fingerprint density at radius 3 is 2.12 bits per heavy atom. The molecule has 0 amide bonds. The normalized spacial score (nSPS) is 19.3. The fraction of sp³-hybridized carbons (Fsp3) is 0.478. The van der Waals surface area contributed by atoms with Gasteiger partial charge in [-0.25, -0.2) is 0 Å². The van der Waals surface area contributed by atoms with Gasteiger partial charge in [0.05, 0.1) is 5.60 Å². The smallest absolute Gasteiger partial charge is 0.0976 e. The zero-order valence-electron chi connectivity index (χ0n) is 15.4. The molecule has 1 aliphatic heterocycles. The van der Waals surface area contributed by atoms with Crippen molar-refractivity contribution in [2.45, 2.75) is 50.5 Å². The summed E-state index contributed by atoms with van der Waals surface area (Å²) in [4.78, 5) is 2.55. The third kappa shape index (κ3) is 4.31. The Labute approximate surface area is 152 Å². The molecule has 2 nitrogen and oxygen atoms in total. The summed E-state index contributed by atoms with van der Waals surface area (Å²) in [5.41, 5.74) is 1.46. The molecule has 0 aliphatic carbocycles. The van der Waals surface area contributed by atoms with Gasteiger partial charge in [0.25, 0.3) is 0 Å². The van der Waals surface area contributed by atoms with Gasteiger partial charge in [-0.2, -0.15) is 0 Å². The van der Waals surface area contributed by atoms with E-state index in [1.165, 1.54) is 24.8 Å². The minimum Gasteiger partial charge on any atom is -0.384 e. The largest absolute Gasteiger partial charge is 0.384 e. The molecule has 134 valence electrons. The number of hydrogen-bond donors (Lipinski definition) is 1. The quantitative estimate of drug-likeness (QED) is 0.773. The summed E-state index contributed by atoms with van der Waals surface area (Å²) in [6, 6.07) is 20.9. The Hall–Kier alpha value is -1.64. The molecule has 0 spiro atoms. The molecule has 2 heteroatoms. The van der Waals surface area contributed by atoms with E-state index in [9.17, 15) is 5.11 Å². The molecule has 2 atom stereocenters. The van der Waals surface area contributed by atoms with E-state index < -0.39 is 5.60 Å². The van der Waals surface area contributed by atoms with Gasteiger partial charge in [0.2, 0.25) is 0 Å². The van der Waals surface area contributed by atoms with Gasteiger partial charge in [0, 0.05) is 12.5 Å². The van der Waals surface area contributed by atoms with Crippen molar-refractivity contribution in [1.29, 1.82) is 0 Å². The zero-order chi connectivity index (χ0) is 17.5. The summed E-state index contributed by atoms with van der Waals surface area (Å²) in [6.07, 6.45) is 5.64. The average molecular weight is 338 g/mol. The average Bonchev–Trinajstić information content (AvgIpc) is 2.68. The number of nitrogens with zero attached hydrogens (tertiary/aromatic N) is 1. The summed E-state index contributed by atoms with van der Waals surface area (Å²) >= 11 is 0. The van der Waals surface area contributed by atoms with Gasteiger partial charge in [-0.15, -0.1) is 0 Å². The summed E-state index contributed by atoms with van der Waals surface area (Å²) in [7, 11) is 0. The minimum absolute atomic E-state index is 0.0918. The number of piperidine rings is 1. The van der Waals surface area contributed by atoms with Crippen LogP contribution in [-0.2, 0) is 5.60 Å². The number of hydrogen-bond acceptors (Lipinski definition) is 2. The van der Waals surface area contributed by atoms with E-state index in [0.717, 1.165) is 38.0 Å². The highest BCUT2D eigenvalue weighted by molar-refractivity contribution is 5.31. The van der Waals surface area contributed by atoms with Crippen LogP contribution in [0.3, 0.4) is 0 Å². The molecule has 1 N–H and O–H groups in total. The van der Waals surface area contributed by atoms with E-state index in [1.54, 1.807) is 0 Å². The molecule has 0 bridgehead atoms. The second-order valence-corrected chi connectivity index (χ2v) is 7.36. The summed E-state index contributed by atoms with van der Waals surface area (Å²) in [5, 5.41) is 11.9. The van der Waals surface area contributed by atoms with Gasteiger partial charge in [-0.05, 0) is 43.5 Å². The SMILES string of the molecule is CCCC(O)(c1ccccc1)C(CN1CCCCC1)c1ccccc1. The fourth-order valence-electron chi connectivity index (χ4n) is 4.25. The predicted molar refractivity (Wildman–Crippen MR) is 105 cm³/mol. The van der Waals surface area contributed by atoms with E-state index in [-0.39, 0.29) is 5.92 Å². The highest BCUT2D eigenvalue weighted by Crippen LogP contribution is 2.41. The van der Waals surface area contributed by atoms with Crippen molar-refractivity contribution in [2.75, 3.05) is 19.6 Å². The number of benzene rings is 2. The summed E-state index contributed by atoms with van der Waals surface area (Å²) < 4.78 is 0. The molecule has 3 rings (SSSR count).